The maximum Gasteiger partial charge on any atom is 0.338 e. The summed E-state index contributed by atoms with van der Waals surface area (Å²) in [6.45, 7) is 8.01. The average Bonchev–Trinajstić information content (AvgIpc) is 2.66. The van der Waals surface area contributed by atoms with Crippen LogP contribution in [0.4, 0.5) is 0 Å². The lowest BCUT2D eigenvalue weighted by Crippen LogP contribution is -2.23. The third-order valence-electron chi connectivity index (χ3n) is 4.09. The van der Waals surface area contributed by atoms with Crippen LogP contribution in [0.3, 0.4) is 0 Å². The summed E-state index contributed by atoms with van der Waals surface area (Å²) in [5, 5.41) is 0. The van der Waals surface area contributed by atoms with Gasteiger partial charge in [0.2, 0.25) is 0 Å². The van der Waals surface area contributed by atoms with Gasteiger partial charge in [0.1, 0.15) is 11.4 Å². The molecule has 2 aromatic rings. The molecule has 2 rings (SSSR count). The zero-order chi connectivity index (χ0) is 22.2. The smallest absolute Gasteiger partial charge is 0.338 e. The molecule has 0 atom stereocenters. The van der Waals surface area contributed by atoms with Gasteiger partial charge >= 0.3 is 5.97 Å². The fraction of sp³-hybridized carbons (Fsp3) is 0.435. The van der Waals surface area contributed by atoms with Crippen LogP contribution < -0.4 is 4.74 Å². The minimum atomic E-state index is -3.70. The van der Waals surface area contributed by atoms with E-state index in [1.54, 1.807) is 48.5 Å². The van der Waals surface area contributed by atoms with E-state index in [2.05, 4.69) is 0 Å². The highest BCUT2D eigenvalue weighted by molar-refractivity contribution is 7.86. The van der Waals surface area contributed by atoms with E-state index in [1.807, 2.05) is 27.7 Å². The van der Waals surface area contributed by atoms with Crippen LogP contribution >= 0.6 is 0 Å². The fourth-order valence-corrected chi connectivity index (χ4v) is 3.48. The molecule has 7 heteroatoms. The van der Waals surface area contributed by atoms with Crippen LogP contribution in [0.1, 0.15) is 56.0 Å². The van der Waals surface area contributed by atoms with Crippen molar-refractivity contribution in [2.75, 3.05) is 13.2 Å². The summed E-state index contributed by atoms with van der Waals surface area (Å²) >= 11 is 0. The molecule has 0 heterocycles. The number of rotatable bonds is 10. The Morgan fingerprint density at radius 3 is 2.07 bits per heavy atom. The standard InChI is InChI=1S/C23H30O6S/c1-18-8-14-21(15-9-18)30(25,26)28-17-7-5-6-16-27-20-12-10-19(11-13-20)22(24)29-23(2,3)4/h8-15H,5-7,16-17H2,1-4H3. The molecular formula is C23H30O6S. The summed E-state index contributed by atoms with van der Waals surface area (Å²) in [7, 11) is -3.70. The monoisotopic (exact) mass is 434 g/mol. The second kappa shape index (κ2) is 10.6. The summed E-state index contributed by atoms with van der Waals surface area (Å²) in [6.07, 6.45) is 2.16. The zero-order valence-corrected chi connectivity index (χ0v) is 18.8. The van der Waals surface area contributed by atoms with Gasteiger partial charge in [-0.1, -0.05) is 17.7 Å². The number of hydrogen-bond acceptors (Lipinski definition) is 6. The van der Waals surface area contributed by atoms with Crippen molar-refractivity contribution < 1.29 is 26.9 Å². The van der Waals surface area contributed by atoms with Crippen LogP contribution in [-0.2, 0) is 19.0 Å². The molecule has 0 fully saturated rings. The molecule has 0 aliphatic heterocycles. The van der Waals surface area contributed by atoms with Crippen LogP contribution in [-0.4, -0.2) is 33.2 Å². The first-order valence-electron chi connectivity index (χ1n) is 9.99. The van der Waals surface area contributed by atoms with Crippen molar-refractivity contribution >= 4 is 16.1 Å². The molecule has 0 aromatic heterocycles. The van der Waals surface area contributed by atoms with Gasteiger partial charge in [-0.25, -0.2) is 4.79 Å². The number of carbonyl (C=O) groups is 1. The third-order valence-corrected chi connectivity index (χ3v) is 5.42. The molecule has 2 aromatic carbocycles. The first kappa shape index (κ1) is 23.9. The Balaban J connectivity index is 1.65. The van der Waals surface area contributed by atoms with Gasteiger partial charge in [0, 0.05) is 0 Å². The lowest BCUT2D eigenvalue weighted by atomic mass is 10.1. The number of ether oxygens (including phenoxy) is 2. The predicted octanol–water partition coefficient (Wildman–Crippen LogP) is 4.90. The van der Waals surface area contributed by atoms with Gasteiger partial charge in [-0.05, 0) is 83.4 Å². The van der Waals surface area contributed by atoms with Crippen LogP contribution in [0.25, 0.3) is 0 Å². The normalized spacial score (nSPS) is 11.9. The van der Waals surface area contributed by atoms with Crippen LogP contribution in [0.5, 0.6) is 5.75 Å². The van der Waals surface area contributed by atoms with Gasteiger partial charge in [-0.15, -0.1) is 0 Å². The molecule has 30 heavy (non-hydrogen) atoms. The van der Waals surface area contributed by atoms with Gasteiger partial charge < -0.3 is 9.47 Å². The highest BCUT2D eigenvalue weighted by atomic mass is 32.2. The van der Waals surface area contributed by atoms with Crippen LogP contribution in [0, 0.1) is 6.92 Å². The molecule has 164 valence electrons. The average molecular weight is 435 g/mol. The number of aryl methyl sites for hydroxylation is 1. The minimum Gasteiger partial charge on any atom is -0.494 e. The van der Waals surface area contributed by atoms with Gasteiger partial charge in [0.05, 0.1) is 23.7 Å². The lowest BCUT2D eigenvalue weighted by molar-refractivity contribution is 0.00694. The van der Waals surface area contributed by atoms with Crippen LogP contribution in [0.15, 0.2) is 53.4 Å². The van der Waals surface area contributed by atoms with Crippen molar-refractivity contribution in [2.24, 2.45) is 0 Å². The molecule has 0 spiro atoms. The number of carbonyl (C=O) groups excluding carboxylic acids is 1. The van der Waals surface area contributed by atoms with E-state index in [0.29, 0.717) is 24.3 Å². The van der Waals surface area contributed by atoms with E-state index in [0.717, 1.165) is 18.4 Å². The van der Waals surface area contributed by atoms with Crippen molar-refractivity contribution in [3.8, 4) is 5.75 Å². The lowest BCUT2D eigenvalue weighted by Gasteiger charge is -2.19. The third kappa shape index (κ3) is 8.16. The second-order valence-electron chi connectivity index (χ2n) is 8.02. The molecule has 0 N–H and O–H groups in total. The molecule has 0 unspecified atom stereocenters. The summed E-state index contributed by atoms with van der Waals surface area (Å²) in [6, 6.07) is 13.4. The Labute approximate surface area is 179 Å². The van der Waals surface area contributed by atoms with Gasteiger partial charge in [0.25, 0.3) is 10.1 Å². The largest absolute Gasteiger partial charge is 0.494 e. The van der Waals surface area contributed by atoms with Crippen molar-refractivity contribution in [2.45, 2.75) is 57.5 Å². The van der Waals surface area contributed by atoms with E-state index in [9.17, 15) is 13.2 Å². The van der Waals surface area contributed by atoms with Crippen LogP contribution in [0.2, 0.25) is 0 Å². The summed E-state index contributed by atoms with van der Waals surface area (Å²) in [4.78, 5) is 12.2. The quantitative estimate of drug-likeness (QED) is 0.300. The highest BCUT2D eigenvalue weighted by Crippen LogP contribution is 2.17. The first-order chi connectivity index (χ1) is 14.1. The molecule has 0 saturated carbocycles. The zero-order valence-electron chi connectivity index (χ0n) is 18.0. The predicted molar refractivity (Wildman–Crippen MR) is 115 cm³/mol. The molecule has 0 aliphatic rings. The Bertz CT molecular complexity index is 910. The second-order valence-corrected chi connectivity index (χ2v) is 9.64. The Morgan fingerprint density at radius 1 is 0.867 bits per heavy atom. The van der Waals surface area contributed by atoms with E-state index < -0.39 is 15.7 Å². The van der Waals surface area contributed by atoms with Crippen molar-refractivity contribution in [3.63, 3.8) is 0 Å². The van der Waals surface area contributed by atoms with E-state index in [-0.39, 0.29) is 17.5 Å². The Kier molecular flexibility index (Phi) is 8.43. The molecule has 0 saturated heterocycles. The summed E-state index contributed by atoms with van der Waals surface area (Å²) in [5.41, 5.74) is 0.938. The van der Waals surface area contributed by atoms with Crippen molar-refractivity contribution in [1.29, 1.82) is 0 Å². The molecule has 0 radical (unpaired) electrons. The van der Waals surface area contributed by atoms with E-state index >= 15 is 0 Å². The maximum atomic E-state index is 12.1. The topological polar surface area (TPSA) is 78.9 Å². The fourth-order valence-electron chi connectivity index (χ4n) is 2.54. The molecule has 6 nitrogen and oxygen atoms in total. The minimum absolute atomic E-state index is 0.140. The SMILES string of the molecule is Cc1ccc(S(=O)(=O)OCCCCCOc2ccc(C(=O)OC(C)(C)C)cc2)cc1. The molecule has 0 bridgehead atoms. The van der Waals surface area contributed by atoms with Gasteiger partial charge in [0.15, 0.2) is 0 Å². The molecular weight excluding hydrogens is 404 g/mol. The van der Waals surface area contributed by atoms with E-state index in [1.165, 1.54) is 0 Å². The molecule has 0 aliphatic carbocycles. The van der Waals surface area contributed by atoms with E-state index in [4.69, 9.17) is 13.7 Å². The number of hydrogen-bond donors (Lipinski definition) is 0. The van der Waals surface area contributed by atoms with Gasteiger partial charge in [-0.3, -0.25) is 4.18 Å². The number of unbranched alkanes of at least 4 members (excludes halogenated alkanes) is 2. The number of esters is 1. The Hall–Kier alpha value is -2.38. The highest BCUT2D eigenvalue weighted by Gasteiger charge is 2.17. The summed E-state index contributed by atoms with van der Waals surface area (Å²) in [5.74, 6) is 0.301. The Morgan fingerprint density at radius 2 is 1.47 bits per heavy atom. The van der Waals surface area contributed by atoms with Crippen molar-refractivity contribution in [3.05, 3.63) is 59.7 Å². The van der Waals surface area contributed by atoms with Gasteiger partial charge in [-0.2, -0.15) is 8.42 Å². The molecule has 0 amide bonds. The maximum absolute atomic E-state index is 12.1. The summed E-state index contributed by atoms with van der Waals surface area (Å²) < 4.78 is 40.2. The first-order valence-corrected chi connectivity index (χ1v) is 11.4. The number of benzene rings is 2. The van der Waals surface area contributed by atoms with Crippen molar-refractivity contribution in [1.82, 2.24) is 0 Å².